The van der Waals surface area contributed by atoms with Crippen LogP contribution in [0.15, 0.2) is 0 Å². The Balaban J connectivity index is 2.63. The summed E-state index contributed by atoms with van der Waals surface area (Å²) in [6, 6.07) is 0. The normalized spacial score (nSPS) is 23.4. The van der Waals surface area contributed by atoms with Crippen molar-refractivity contribution in [2.45, 2.75) is 51.9 Å². The molecule has 0 spiro atoms. The Hall–Kier alpha value is -1.30. The van der Waals surface area contributed by atoms with Crippen molar-refractivity contribution >= 4 is 11.8 Å². The Labute approximate surface area is 103 Å². The van der Waals surface area contributed by atoms with Gasteiger partial charge in [-0.2, -0.15) is 0 Å². The number of ketones is 1. The highest BCUT2D eigenvalue weighted by atomic mass is 16.5. The van der Waals surface area contributed by atoms with Gasteiger partial charge in [0.15, 0.2) is 0 Å². The molecule has 0 N–H and O–H groups in total. The van der Waals surface area contributed by atoms with E-state index in [2.05, 4.69) is 5.92 Å². The van der Waals surface area contributed by atoms with E-state index in [9.17, 15) is 9.59 Å². The van der Waals surface area contributed by atoms with E-state index in [1.807, 2.05) is 0 Å². The van der Waals surface area contributed by atoms with Gasteiger partial charge in [-0.15, -0.1) is 12.3 Å². The van der Waals surface area contributed by atoms with Crippen molar-refractivity contribution < 1.29 is 14.3 Å². The van der Waals surface area contributed by atoms with Gasteiger partial charge in [0.05, 0.1) is 6.61 Å². The lowest BCUT2D eigenvalue weighted by Gasteiger charge is -2.24. The van der Waals surface area contributed by atoms with E-state index in [0.29, 0.717) is 32.3 Å². The number of Topliss-reactive ketones (excluding diaryl/α,β-unsaturated/α-hetero) is 1. The monoisotopic (exact) mass is 236 g/mol. The first kappa shape index (κ1) is 13.8. The summed E-state index contributed by atoms with van der Waals surface area (Å²) in [6.45, 7) is 2.10. The van der Waals surface area contributed by atoms with Crippen LogP contribution in [-0.2, 0) is 14.3 Å². The predicted octanol–water partition coefficient (Wildman–Crippen LogP) is 2.48. The Morgan fingerprint density at radius 2 is 2.29 bits per heavy atom. The van der Waals surface area contributed by atoms with Crippen molar-refractivity contribution in [2.75, 3.05) is 6.61 Å². The van der Waals surface area contributed by atoms with Crippen molar-refractivity contribution in [2.24, 2.45) is 5.41 Å². The molecule has 3 heteroatoms. The summed E-state index contributed by atoms with van der Waals surface area (Å²) in [6.07, 6.45) is 10.1. The molecule has 1 aliphatic rings. The molecule has 1 atom stereocenters. The van der Waals surface area contributed by atoms with Gasteiger partial charge in [-0.1, -0.05) is 6.42 Å². The summed E-state index contributed by atoms with van der Waals surface area (Å²) in [5.74, 6) is 2.29. The third-order valence-electron chi connectivity index (χ3n) is 3.38. The number of hydrogen-bond donors (Lipinski definition) is 0. The summed E-state index contributed by atoms with van der Waals surface area (Å²) in [5.41, 5.74) is -0.857. The highest BCUT2D eigenvalue weighted by molar-refractivity contribution is 6.05. The fourth-order valence-corrected chi connectivity index (χ4v) is 2.43. The maximum Gasteiger partial charge on any atom is 0.319 e. The second-order valence-corrected chi connectivity index (χ2v) is 4.49. The molecule has 0 amide bonds. The maximum absolute atomic E-state index is 12.0. The van der Waals surface area contributed by atoms with Crippen LogP contribution in [0.3, 0.4) is 0 Å². The van der Waals surface area contributed by atoms with Gasteiger partial charge in [-0.3, -0.25) is 9.59 Å². The largest absolute Gasteiger partial charge is 0.465 e. The van der Waals surface area contributed by atoms with E-state index >= 15 is 0 Å². The Morgan fingerprint density at radius 3 is 2.82 bits per heavy atom. The number of terminal acetylenes is 1. The molecule has 0 aliphatic heterocycles. The molecule has 0 aromatic rings. The second kappa shape index (κ2) is 6.44. The zero-order chi connectivity index (χ0) is 12.7. The quantitative estimate of drug-likeness (QED) is 0.308. The lowest BCUT2D eigenvalue weighted by molar-refractivity contribution is -0.159. The number of unbranched alkanes of at least 4 members (excludes halogenated alkanes) is 2. The fraction of sp³-hybridized carbons (Fsp3) is 0.714. The van der Waals surface area contributed by atoms with E-state index in [1.54, 1.807) is 6.92 Å². The molecule has 0 radical (unpaired) electrons. The van der Waals surface area contributed by atoms with Crippen LogP contribution < -0.4 is 0 Å². The van der Waals surface area contributed by atoms with Gasteiger partial charge < -0.3 is 4.74 Å². The van der Waals surface area contributed by atoms with Gasteiger partial charge in [-0.05, 0) is 32.6 Å². The van der Waals surface area contributed by atoms with Crippen LogP contribution >= 0.6 is 0 Å². The van der Waals surface area contributed by atoms with Crippen LogP contribution in [0, 0.1) is 17.8 Å². The summed E-state index contributed by atoms with van der Waals surface area (Å²) >= 11 is 0. The van der Waals surface area contributed by atoms with Crippen LogP contribution in [0.1, 0.15) is 51.9 Å². The second-order valence-electron chi connectivity index (χ2n) is 4.49. The summed E-state index contributed by atoms with van der Waals surface area (Å²) in [7, 11) is 0. The molecule has 1 aliphatic carbocycles. The van der Waals surface area contributed by atoms with Gasteiger partial charge >= 0.3 is 5.97 Å². The fourth-order valence-electron chi connectivity index (χ4n) is 2.43. The maximum atomic E-state index is 12.0. The minimum Gasteiger partial charge on any atom is -0.465 e. The zero-order valence-corrected chi connectivity index (χ0v) is 10.5. The SMILES string of the molecule is C#CCCCCC1(C(=O)OCC)CCCC1=O. The average Bonchev–Trinajstić information content (AvgIpc) is 2.68. The molecule has 0 heterocycles. The predicted molar refractivity (Wildman–Crippen MR) is 65.2 cm³/mol. The van der Waals surface area contributed by atoms with Crippen molar-refractivity contribution in [1.82, 2.24) is 0 Å². The first-order valence-electron chi connectivity index (χ1n) is 6.31. The average molecular weight is 236 g/mol. The lowest BCUT2D eigenvalue weighted by Crippen LogP contribution is -2.36. The highest BCUT2D eigenvalue weighted by Crippen LogP contribution is 2.40. The highest BCUT2D eigenvalue weighted by Gasteiger charge is 2.48. The molecule has 0 aromatic heterocycles. The molecule has 94 valence electrons. The van der Waals surface area contributed by atoms with E-state index in [0.717, 1.165) is 19.3 Å². The summed E-state index contributed by atoms with van der Waals surface area (Å²) < 4.78 is 5.06. The van der Waals surface area contributed by atoms with Crippen molar-refractivity contribution in [1.29, 1.82) is 0 Å². The minimum absolute atomic E-state index is 0.0525. The third kappa shape index (κ3) is 3.09. The minimum atomic E-state index is -0.857. The number of carbonyl (C=O) groups is 2. The summed E-state index contributed by atoms with van der Waals surface area (Å²) in [5, 5.41) is 0. The standard InChI is InChI=1S/C14H20O3/c1-3-5-6-7-10-14(13(16)17-4-2)11-8-9-12(14)15/h1H,4-11H2,2H3. The zero-order valence-electron chi connectivity index (χ0n) is 10.5. The number of hydrogen-bond acceptors (Lipinski definition) is 3. The molecular weight excluding hydrogens is 216 g/mol. The van der Waals surface area contributed by atoms with Crippen LogP contribution in [0.4, 0.5) is 0 Å². The van der Waals surface area contributed by atoms with E-state index < -0.39 is 5.41 Å². The number of rotatable bonds is 6. The molecule has 1 unspecified atom stereocenters. The Morgan fingerprint density at radius 1 is 1.53 bits per heavy atom. The lowest BCUT2D eigenvalue weighted by atomic mass is 9.80. The van der Waals surface area contributed by atoms with Crippen LogP contribution in [0.25, 0.3) is 0 Å². The molecule has 3 nitrogen and oxygen atoms in total. The summed E-state index contributed by atoms with van der Waals surface area (Å²) in [4.78, 5) is 23.9. The Kier molecular flexibility index (Phi) is 5.21. The van der Waals surface area contributed by atoms with Crippen molar-refractivity contribution in [3.05, 3.63) is 0 Å². The van der Waals surface area contributed by atoms with Crippen LogP contribution in [0.2, 0.25) is 0 Å². The molecule has 0 aromatic carbocycles. The molecule has 1 rings (SSSR count). The van der Waals surface area contributed by atoms with Crippen molar-refractivity contribution in [3.8, 4) is 12.3 Å². The van der Waals surface area contributed by atoms with E-state index in [1.165, 1.54) is 0 Å². The van der Waals surface area contributed by atoms with Gasteiger partial charge in [0.2, 0.25) is 0 Å². The molecule has 17 heavy (non-hydrogen) atoms. The number of esters is 1. The molecule has 0 saturated heterocycles. The molecule has 0 bridgehead atoms. The number of ether oxygens (including phenoxy) is 1. The molecular formula is C14H20O3. The Bertz CT molecular complexity index is 327. The van der Waals surface area contributed by atoms with Gasteiger partial charge in [0, 0.05) is 12.8 Å². The van der Waals surface area contributed by atoms with Gasteiger partial charge in [0.25, 0.3) is 0 Å². The van der Waals surface area contributed by atoms with Crippen LogP contribution in [0.5, 0.6) is 0 Å². The molecule has 1 saturated carbocycles. The third-order valence-corrected chi connectivity index (χ3v) is 3.38. The topological polar surface area (TPSA) is 43.4 Å². The van der Waals surface area contributed by atoms with E-state index in [-0.39, 0.29) is 11.8 Å². The van der Waals surface area contributed by atoms with Crippen LogP contribution in [-0.4, -0.2) is 18.4 Å². The van der Waals surface area contributed by atoms with Gasteiger partial charge in [0.1, 0.15) is 11.2 Å². The molecule has 1 fully saturated rings. The number of carbonyl (C=O) groups excluding carboxylic acids is 2. The van der Waals surface area contributed by atoms with Crippen molar-refractivity contribution in [3.63, 3.8) is 0 Å². The van der Waals surface area contributed by atoms with E-state index in [4.69, 9.17) is 11.2 Å². The van der Waals surface area contributed by atoms with Gasteiger partial charge in [-0.25, -0.2) is 0 Å². The first-order chi connectivity index (χ1) is 8.17. The first-order valence-corrected chi connectivity index (χ1v) is 6.31. The smallest absolute Gasteiger partial charge is 0.319 e.